The molecule has 0 aliphatic rings. The summed E-state index contributed by atoms with van der Waals surface area (Å²) in [5.41, 5.74) is 0. The molecule has 2 unspecified atom stereocenters. The highest BCUT2D eigenvalue weighted by atomic mass is 16.4. The predicted octanol–water partition coefficient (Wildman–Crippen LogP) is 1.08. The van der Waals surface area contributed by atoms with Gasteiger partial charge in [0.05, 0.1) is 5.92 Å². The Kier molecular flexibility index (Phi) is 8.14. The number of carbonyl (C=O) groups excluding carboxylic acids is 1. The number of rotatable bonds is 8. The van der Waals surface area contributed by atoms with Gasteiger partial charge < -0.3 is 20.2 Å². The van der Waals surface area contributed by atoms with E-state index in [0.29, 0.717) is 13.1 Å². The molecule has 2 amide bonds. The number of hydrogen-bond acceptors (Lipinski definition) is 3. The Balaban J connectivity index is 4.42. The van der Waals surface area contributed by atoms with E-state index < -0.39 is 11.9 Å². The molecule has 0 aromatic heterocycles. The smallest absolute Gasteiger partial charge is 0.317 e. The second-order valence-electron chi connectivity index (χ2n) is 5.16. The van der Waals surface area contributed by atoms with Gasteiger partial charge in [-0.15, -0.1) is 0 Å². The summed E-state index contributed by atoms with van der Waals surface area (Å²) in [5, 5.41) is 11.7. The van der Waals surface area contributed by atoms with Gasteiger partial charge in [0.2, 0.25) is 0 Å². The lowest BCUT2D eigenvalue weighted by molar-refractivity contribution is -0.141. The van der Waals surface area contributed by atoms with Crippen LogP contribution in [0.25, 0.3) is 0 Å². The minimum atomic E-state index is -0.900. The van der Waals surface area contributed by atoms with Crippen molar-refractivity contribution in [1.29, 1.82) is 0 Å². The number of aliphatic carboxylic acids is 1. The Morgan fingerprint density at radius 2 is 1.74 bits per heavy atom. The lowest BCUT2D eigenvalue weighted by Gasteiger charge is -2.27. The monoisotopic (exact) mass is 273 g/mol. The first-order valence-corrected chi connectivity index (χ1v) is 6.72. The number of carboxylic acids is 1. The van der Waals surface area contributed by atoms with Crippen LogP contribution in [0.1, 0.15) is 27.2 Å². The summed E-state index contributed by atoms with van der Waals surface area (Å²) in [6.45, 7) is 7.42. The minimum Gasteiger partial charge on any atom is -0.481 e. The van der Waals surface area contributed by atoms with Crippen molar-refractivity contribution >= 4 is 12.0 Å². The first-order valence-electron chi connectivity index (χ1n) is 6.72. The number of carbonyl (C=O) groups is 2. The van der Waals surface area contributed by atoms with Crippen LogP contribution in [-0.4, -0.2) is 66.7 Å². The summed E-state index contributed by atoms with van der Waals surface area (Å²) in [6.07, 6.45) is 0.879. The Morgan fingerprint density at radius 1 is 1.16 bits per heavy atom. The van der Waals surface area contributed by atoms with Crippen molar-refractivity contribution in [2.45, 2.75) is 33.2 Å². The third-order valence-electron chi connectivity index (χ3n) is 3.09. The summed E-state index contributed by atoms with van der Waals surface area (Å²) in [6, 6.07) is -0.576. The van der Waals surface area contributed by atoms with Gasteiger partial charge in [-0.05, 0) is 34.4 Å². The average molecular weight is 273 g/mol. The van der Waals surface area contributed by atoms with Crippen LogP contribution in [0.4, 0.5) is 4.79 Å². The maximum absolute atomic E-state index is 12.1. The number of amides is 2. The molecule has 0 aliphatic heterocycles. The van der Waals surface area contributed by atoms with Gasteiger partial charge in [-0.1, -0.05) is 6.92 Å². The van der Waals surface area contributed by atoms with Crippen LogP contribution >= 0.6 is 0 Å². The number of nitrogens with one attached hydrogen (secondary N) is 1. The zero-order valence-electron chi connectivity index (χ0n) is 12.6. The summed E-state index contributed by atoms with van der Waals surface area (Å²) >= 11 is 0. The topological polar surface area (TPSA) is 72.9 Å². The van der Waals surface area contributed by atoms with Gasteiger partial charge in [-0.3, -0.25) is 4.79 Å². The molecule has 19 heavy (non-hydrogen) atoms. The number of likely N-dealkylation sites (N-methyl/N-ethyl adjacent to an activating group) is 1. The number of nitrogens with zero attached hydrogens (tertiary/aromatic N) is 2. The van der Waals surface area contributed by atoms with Crippen LogP contribution in [0.15, 0.2) is 0 Å². The maximum atomic E-state index is 12.1. The van der Waals surface area contributed by atoms with Gasteiger partial charge in [0.25, 0.3) is 0 Å². The van der Waals surface area contributed by atoms with Gasteiger partial charge in [0.15, 0.2) is 0 Å². The van der Waals surface area contributed by atoms with Gasteiger partial charge in [0, 0.05) is 25.7 Å². The fourth-order valence-electron chi connectivity index (χ4n) is 1.53. The van der Waals surface area contributed by atoms with E-state index in [1.54, 1.807) is 18.7 Å². The molecule has 0 radical (unpaired) electrons. The van der Waals surface area contributed by atoms with Crippen molar-refractivity contribution in [3.63, 3.8) is 0 Å². The molecule has 0 heterocycles. The zero-order valence-corrected chi connectivity index (χ0v) is 12.6. The van der Waals surface area contributed by atoms with E-state index in [2.05, 4.69) is 5.32 Å². The molecule has 0 aromatic rings. The van der Waals surface area contributed by atoms with Crippen LogP contribution in [0.5, 0.6) is 0 Å². The van der Waals surface area contributed by atoms with Crippen LogP contribution in [0.2, 0.25) is 0 Å². The summed E-state index contributed by atoms with van der Waals surface area (Å²) in [7, 11) is 3.91. The van der Waals surface area contributed by atoms with E-state index in [0.717, 1.165) is 13.0 Å². The van der Waals surface area contributed by atoms with Crippen LogP contribution in [-0.2, 0) is 4.79 Å². The largest absolute Gasteiger partial charge is 0.481 e. The molecule has 2 atom stereocenters. The average Bonchev–Trinajstić information content (AvgIpc) is 2.32. The van der Waals surface area contributed by atoms with E-state index in [9.17, 15) is 9.59 Å². The molecule has 0 spiro atoms. The summed E-state index contributed by atoms with van der Waals surface area (Å²) in [5.74, 6) is -1.50. The molecule has 112 valence electrons. The lowest BCUT2D eigenvalue weighted by atomic mass is 10.0. The maximum Gasteiger partial charge on any atom is 0.317 e. The SMILES string of the molecule is CCCN(CCN(C)C)C(=O)NC(C)C(C)C(=O)O. The molecular weight excluding hydrogens is 246 g/mol. The Morgan fingerprint density at radius 3 is 2.16 bits per heavy atom. The Hall–Kier alpha value is -1.30. The minimum absolute atomic E-state index is 0.190. The molecule has 0 aliphatic carbocycles. The second-order valence-corrected chi connectivity index (χ2v) is 5.16. The van der Waals surface area contributed by atoms with Crippen molar-refractivity contribution in [3.8, 4) is 0 Å². The molecule has 0 aromatic carbocycles. The highest BCUT2D eigenvalue weighted by Gasteiger charge is 2.23. The molecule has 6 heteroatoms. The molecule has 0 saturated carbocycles. The summed E-state index contributed by atoms with van der Waals surface area (Å²) in [4.78, 5) is 26.7. The van der Waals surface area contributed by atoms with Crippen molar-refractivity contribution in [3.05, 3.63) is 0 Å². The number of hydrogen-bond donors (Lipinski definition) is 2. The molecule has 2 N–H and O–H groups in total. The molecule has 0 bridgehead atoms. The van der Waals surface area contributed by atoms with Gasteiger partial charge >= 0.3 is 12.0 Å². The molecule has 0 saturated heterocycles. The van der Waals surface area contributed by atoms with Crippen LogP contribution in [0.3, 0.4) is 0 Å². The molecule has 6 nitrogen and oxygen atoms in total. The molecule has 0 rings (SSSR count). The second kappa shape index (κ2) is 8.74. The van der Waals surface area contributed by atoms with E-state index in [4.69, 9.17) is 5.11 Å². The third-order valence-corrected chi connectivity index (χ3v) is 3.09. The summed E-state index contributed by atoms with van der Waals surface area (Å²) < 4.78 is 0. The Bertz CT molecular complexity index is 295. The Labute approximate surface area is 115 Å². The van der Waals surface area contributed by atoms with Gasteiger partial charge in [-0.2, -0.15) is 0 Å². The zero-order chi connectivity index (χ0) is 15.0. The van der Waals surface area contributed by atoms with E-state index in [-0.39, 0.29) is 12.1 Å². The number of urea groups is 1. The number of carboxylic acid groups (broad SMARTS) is 1. The first kappa shape index (κ1) is 17.7. The lowest BCUT2D eigenvalue weighted by Crippen LogP contribution is -2.49. The quantitative estimate of drug-likeness (QED) is 0.694. The highest BCUT2D eigenvalue weighted by Crippen LogP contribution is 2.04. The van der Waals surface area contributed by atoms with Crippen molar-refractivity contribution < 1.29 is 14.7 Å². The van der Waals surface area contributed by atoms with E-state index in [1.807, 2.05) is 25.9 Å². The predicted molar refractivity (Wildman–Crippen MR) is 75.2 cm³/mol. The normalized spacial score (nSPS) is 14.0. The third kappa shape index (κ3) is 7.00. The van der Waals surface area contributed by atoms with E-state index in [1.165, 1.54) is 0 Å². The van der Waals surface area contributed by atoms with Gasteiger partial charge in [-0.25, -0.2) is 4.79 Å². The van der Waals surface area contributed by atoms with Crippen molar-refractivity contribution in [2.75, 3.05) is 33.7 Å². The van der Waals surface area contributed by atoms with Crippen molar-refractivity contribution in [1.82, 2.24) is 15.1 Å². The molecule has 0 fully saturated rings. The first-order chi connectivity index (χ1) is 8.79. The fourth-order valence-corrected chi connectivity index (χ4v) is 1.53. The van der Waals surface area contributed by atoms with E-state index >= 15 is 0 Å². The van der Waals surface area contributed by atoms with Crippen LogP contribution < -0.4 is 5.32 Å². The van der Waals surface area contributed by atoms with Crippen LogP contribution in [0, 0.1) is 5.92 Å². The van der Waals surface area contributed by atoms with Gasteiger partial charge in [0.1, 0.15) is 0 Å². The molecular formula is C13H27N3O3. The standard InChI is InChI=1S/C13H27N3O3/c1-6-7-16(9-8-15(4)5)13(19)14-11(3)10(2)12(17)18/h10-11H,6-9H2,1-5H3,(H,14,19)(H,17,18). The van der Waals surface area contributed by atoms with Crippen molar-refractivity contribution in [2.24, 2.45) is 5.92 Å². The highest BCUT2D eigenvalue weighted by molar-refractivity contribution is 5.76. The fraction of sp³-hybridized carbons (Fsp3) is 0.846.